The Morgan fingerprint density at radius 2 is 1.72 bits per heavy atom. The van der Waals surface area contributed by atoms with Gasteiger partial charge in [0.15, 0.2) is 6.10 Å². The minimum Gasteiger partial charge on any atom is -0.491 e. The van der Waals surface area contributed by atoms with Gasteiger partial charge in [0, 0.05) is 6.54 Å². The van der Waals surface area contributed by atoms with Gasteiger partial charge in [-0.25, -0.2) is 0 Å². The Bertz CT molecular complexity index is 815. The summed E-state index contributed by atoms with van der Waals surface area (Å²) in [5.74, 6) is 1.61. The van der Waals surface area contributed by atoms with Crippen molar-refractivity contribution in [1.82, 2.24) is 5.32 Å². The van der Waals surface area contributed by atoms with Crippen LogP contribution >= 0.6 is 0 Å². The number of benzene rings is 2. The number of amides is 1. The summed E-state index contributed by atoms with van der Waals surface area (Å²) in [4.78, 5) is 12.4. The summed E-state index contributed by atoms with van der Waals surface area (Å²) in [5, 5.41) is 2.99. The highest BCUT2D eigenvalue weighted by atomic mass is 16.5. The fourth-order valence-corrected chi connectivity index (χ4v) is 3.74. The second-order valence-corrected chi connectivity index (χ2v) is 8.11. The van der Waals surface area contributed by atoms with Crippen molar-refractivity contribution in [3.63, 3.8) is 0 Å². The molecule has 4 nitrogen and oxygen atoms in total. The van der Waals surface area contributed by atoms with Gasteiger partial charge >= 0.3 is 0 Å². The Hall–Kier alpha value is -2.49. The molecule has 0 unspecified atom stereocenters. The van der Waals surface area contributed by atoms with Gasteiger partial charge in [-0.1, -0.05) is 18.2 Å². The Morgan fingerprint density at radius 3 is 2.52 bits per heavy atom. The summed E-state index contributed by atoms with van der Waals surface area (Å²) in [6.45, 7) is 6.48. The van der Waals surface area contributed by atoms with Crippen molar-refractivity contribution in [2.45, 2.75) is 71.5 Å². The van der Waals surface area contributed by atoms with Crippen LogP contribution < -0.4 is 14.8 Å². The van der Waals surface area contributed by atoms with Crippen LogP contribution in [0.25, 0.3) is 0 Å². The minimum absolute atomic E-state index is 0.0698. The van der Waals surface area contributed by atoms with Gasteiger partial charge in [-0.2, -0.15) is 0 Å². The van der Waals surface area contributed by atoms with Crippen molar-refractivity contribution >= 4 is 5.91 Å². The molecule has 2 aromatic rings. The summed E-state index contributed by atoms with van der Waals surface area (Å²) in [6, 6.07) is 14.4. The van der Waals surface area contributed by atoms with Crippen LogP contribution in [0.5, 0.6) is 11.5 Å². The van der Waals surface area contributed by atoms with E-state index in [1.54, 1.807) is 0 Å². The first-order valence-electron chi connectivity index (χ1n) is 10.8. The topological polar surface area (TPSA) is 47.6 Å². The van der Waals surface area contributed by atoms with Crippen LogP contribution in [0.1, 0.15) is 56.7 Å². The second kappa shape index (κ2) is 10.3. The number of aryl methyl sites for hydroxylation is 3. The zero-order valence-corrected chi connectivity index (χ0v) is 17.9. The van der Waals surface area contributed by atoms with E-state index < -0.39 is 6.10 Å². The average Bonchev–Trinajstić information content (AvgIpc) is 2.70. The lowest BCUT2D eigenvalue weighted by Gasteiger charge is -2.19. The molecular formula is C25H33NO3. The molecule has 0 saturated heterocycles. The summed E-state index contributed by atoms with van der Waals surface area (Å²) < 4.78 is 11.6. The van der Waals surface area contributed by atoms with Crippen LogP contribution in [0.3, 0.4) is 0 Å². The van der Waals surface area contributed by atoms with Crippen molar-refractivity contribution in [2.24, 2.45) is 0 Å². The predicted octanol–water partition coefficient (Wildman–Crippen LogP) is 4.87. The lowest BCUT2D eigenvalue weighted by molar-refractivity contribution is -0.127. The Labute approximate surface area is 174 Å². The molecule has 0 radical (unpaired) electrons. The quantitative estimate of drug-likeness (QED) is 0.616. The second-order valence-electron chi connectivity index (χ2n) is 8.11. The van der Waals surface area contributed by atoms with Crippen LogP contribution in [0, 0.1) is 0 Å². The fraction of sp³-hybridized carbons (Fsp3) is 0.480. The van der Waals surface area contributed by atoms with Gasteiger partial charge in [0.05, 0.1) is 6.10 Å². The van der Waals surface area contributed by atoms with E-state index in [4.69, 9.17) is 9.47 Å². The number of hydrogen-bond donors (Lipinski definition) is 1. The number of carbonyl (C=O) groups excluding carboxylic acids is 1. The number of nitrogens with one attached hydrogen (secondary N) is 1. The molecule has 1 N–H and O–H groups in total. The largest absolute Gasteiger partial charge is 0.491 e. The van der Waals surface area contributed by atoms with Crippen LogP contribution in [0.15, 0.2) is 42.5 Å². The van der Waals surface area contributed by atoms with E-state index in [1.165, 1.54) is 29.5 Å². The van der Waals surface area contributed by atoms with Crippen LogP contribution in [-0.4, -0.2) is 24.7 Å². The molecule has 29 heavy (non-hydrogen) atoms. The van der Waals surface area contributed by atoms with E-state index in [-0.39, 0.29) is 12.0 Å². The number of carbonyl (C=O) groups is 1. The van der Waals surface area contributed by atoms with E-state index in [9.17, 15) is 4.79 Å². The smallest absolute Gasteiger partial charge is 0.260 e. The SMILES string of the molecule is CC(C)Oc1cccc(CCCNC(=O)[C@@H](C)Oc2ccc3c(c2)CCCC3)c1. The summed E-state index contributed by atoms with van der Waals surface area (Å²) in [6.07, 6.45) is 6.20. The molecule has 3 rings (SSSR count). The number of rotatable bonds is 9. The van der Waals surface area contributed by atoms with E-state index in [1.807, 2.05) is 39.0 Å². The predicted molar refractivity (Wildman–Crippen MR) is 117 cm³/mol. The Balaban J connectivity index is 1.41. The van der Waals surface area contributed by atoms with Crippen LogP contribution in [-0.2, 0) is 24.1 Å². The molecule has 156 valence electrons. The number of hydrogen-bond acceptors (Lipinski definition) is 3. The standard InChI is InChI=1S/C25H33NO3/c1-18(2)28-23-12-6-8-20(16-23)9-7-15-26-25(27)19(3)29-24-14-13-21-10-4-5-11-22(21)17-24/h6,8,12-14,16-19H,4-5,7,9-11,15H2,1-3H3,(H,26,27)/t19-/m1/s1. The zero-order valence-electron chi connectivity index (χ0n) is 17.9. The molecule has 0 bridgehead atoms. The van der Waals surface area contributed by atoms with Crippen molar-refractivity contribution in [2.75, 3.05) is 6.54 Å². The molecule has 0 heterocycles. The van der Waals surface area contributed by atoms with Crippen molar-refractivity contribution in [1.29, 1.82) is 0 Å². The molecule has 0 fully saturated rings. The van der Waals surface area contributed by atoms with Crippen molar-refractivity contribution < 1.29 is 14.3 Å². The van der Waals surface area contributed by atoms with E-state index in [2.05, 4.69) is 29.6 Å². The highest BCUT2D eigenvalue weighted by Gasteiger charge is 2.16. The maximum absolute atomic E-state index is 12.4. The van der Waals surface area contributed by atoms with Crippen molar-refractivity contribution in [3.05, 3.63) is 59.2 Å². The summed E-state index contributed by atoms with van der Waals surface area (Å²) in [7, 11) is 0. The third kappa shape index (κ3) is 6.52. The first-order valence-corrected chi connectivity index (χ1v) is 10.8. The summed E-state index contributed by atoms with van der Waals surface area (Å²) >= 11 is 0. The van der Waals surface area contributed by atoms with Gasteiger partial charge in [0.25, 0.3) is 5.91 Å². The first kappa shape index (κ1) is 21.2. The molecule has 2 aromatic carbocycles. The maximum atomic E-state index is 12.4. The highest BCUT2D eigenvalue weighted by molar-refractivity contribution is 5.80. The molecule has 0 aromatic heterocycles. The molecule has 1 aliphatic carbocycles. The Kier molecular flexibility index (Phi) is 7.56. The lowest BCUT2D eigenvalue weighted by Crippen LogP contribution is -2.37. The maximum Gasteiger partial charge on any atom is 0.260 e. The third-order valence-electron chi connectivity index (χ3n) is 5.21. The van der Waals surface area contributed by atoms with Gasteiger partial charge < -0.3 is 14.8 Å². The van der Waals surface area contributed by atoms with E-state index in [0.717, 1.165) is 37.2 Å². The van der Waals surface area contributed by atoms with E-state index >= 15 is 0 Å². The molecule has 1 amide bonds. The monoisotopic (exact) mass is 395 g/mol. The first-order chi connectivity index (χ1) is 14.0. The molecule has 0 spiro atoms. The highest BCUT2D eigenvalue weighted by Crippen LogP contribution is 2.25. The molecule has 0 saturated carbocycles. The molecule has 4 heteroatoms. The van der Waals surface area contributed by atoms with Gasteiger partial charge in [-0.3, -0.25) is 4.79 Å². The molecule has 0 aliphatic heterocycles. The van der Waals surface area contributed by atoms with Gasteiger partial charge in [-0.15, -0.1) is 0 Å². The van der Waals surface area contributed by atoms with Crippen LogP contribution in [0.2, 0.25) is 0 Å². The minimum atomic E-state index is -0.501. The lowest BCUT2D eigenvalue weighted by atomic mass is 9.92. The Morgan fingerprint density at radius 1 is 0.966 bits per heavy atom. The molecular weight excluding hydrogens is 362 g/mol. The molecule has 1 aliphatic rings. The number of fused-ring (bicyclic) bond motifs is 1. The normalized spacial score (nSPS) is 14.2. The van der Waals surface area contributed by atoms with Gasteiger partial charge in [0.1, 0.15) is 11.5 Å². The molecule has 1 atom stereocenters. The zero-order chi connectivity index (χ0) is 20.6. The average molecular weight is 396 g/mol. The summed E-state index contributed by atoms with van der Waals surface area (Å²) in [5.41, 5.74) is 4.00. The van der Waals surface area contributed by atoms with Crippen LogP contribution in [0.4, 0.5) is 0 Å². The number of ether oxygens (including phenoxy) is 2. The fourth-order valence-electron chi connectivity index (χ4n) is 3.74. The van der Waals surface area contributed by atoms with Gasteiger partial charge in [0.2, 0.25) is 0 Å². The van der Waals surface area contributed by atoms with Gasteiger partial charge in [-0.05, 0) is 100 Å². The van der Waals surface area contributed by atoms with E-state index in [0.29, 0.717) is 6.54 Å². The van der Waals surface area contributed by atoms with Crippen molar-refractivity contribution in [3.8, 4) is 11.5 Å². The third-order valence-corrected chi connectivity index (χ3v) is 5.21.